The first-order chi connectivity index (χ1) is 7.97. The predicted molar refractivity (Wildman–Crippen MR) is 64.9 cm³/mol. The van der Waals surface area contributed by atoms with Gasteiger partial charge < -0.3 is 15.3 Å². The molecule has 2 amide bonds. The normalized spacial score (nSPS) is 18.8. The fourth-order valence-corrected chi connectivity index (χ4v) is 1.99. The summed E-state index contributed by atoms with van der Waals surface area (Å²) in [6.45, 7) is 6.18. The number of nitrogens with zero attached hydrogens (tertiary/aromatic N) is 1. The van der Waals surface area contributed by atoms with E-state index in [0.29, 0.717) is 5.41 Å². The Balaban J connectivity index is 2.28. The standard InChI is InChI=1S/C12H22N2O3/c1-3-12(2)5-8-14(9-6-12)11(17)13-7-4-10(15)16/h3-9H2,1-2H3,(H,13,17)(H,15,16). The van der Waals surface area contributed by atoms with Crippen molar-refractivity contribution in [2.75, 3.05) is 19.6 Å². The molecule has 0 aromatic carbocycles. The minimum absolute atomic E-state index is 0.0216. The second kappa shape index (κ2) is 5.89. The fourth-order valence-electron chi connectivity index (χ4n) is 1.99. The Hall–Kier alpha value is -1.26. The number of carbonyl (C=O) groups excluding carboxylic acids is 1. The zero-order valence-corrected chi connectivity index (χ0v) is 10.7. The number of urea groups is 1. The van der Waals surface area contributed by atoms with Gasteiger partial charge in [0, 0.05) is 19.6 Å². The van der Waals surface area contributed by atoms with Crippen molar-refractivity contribution in [3.63, 3.8) is 0 Å². The van der Waals surface area contributed by atoms with Gasteiger partial charge in [0.2, 0.25) is 0 Å². The highest BCUT2D eigenvalue weighted by molar-refractivity contribution is 5.75. The Bertz CT molecular complexity index is 283. The lowest BCUT2D eigenvalue weighted by Crippen LogP contribution is -2.47. The zero-order valence-electron chi connectivity index (χ0n) is 10.7. The fraction of sp³-hybridized carbons (Fsp3) is 0.833. The number of carboxylic acid groups (broad SMARTS) is 1. The summed E-state index contributed by atoms with van der Waals surface area (Å²) in [5.74, 6) is -0.887. The number of carbonyl (C=O) groups is 2. The molecule has 1 saturated heterocycles. The molecule has 0 spiro atoms. The number of hydrogen-bond acceptors (Lipinski definition) is 2. The number of hydrogen-bond donors (Lipinski definition) is 2. The van der Waals surface area contributed by atoms with Crippen LogP contribution in [-0.4, -0.2) is 41.6 Å². The van der Waals surface area contributed by atoms with E-state index in [-0.39, 0.29) is 19.0 Å². The molecule has 1 aliphatic heterocycles. The van der Waals surface area contributed by atoms with Crippen LogP contribution in [0.25, 0.3) is 0 Å². The molecule has 1 fully saturated rings. The lowest BCUT2D eigenvalue weighted by atomic mass is 9.78. The van der Waals surface area contributed by atoms with Crippen molar-refractivity contribution in [1.29, 1.82) is 0 Å². The molecule has 1 heterocycles. The molecule has 0 aliphatic carbocycles. The van der Waals surface area contributed by atoms with Crippen LogP contribution in [0.5, 0.6) is 0 Å². The summed E-state index contributed by atoms with van der Waals surface area (Å²) < 4.78 is 0. The average molecular weight is 242 g/mol. The lowest BCUT2D eigenvalue weighted by molar-refractivity contribution is -0.136. The molecule has 2 N–H and O–H groups in total. The van der Waals surface area contributed by atoms with Crippen LogP contribution in [0, 0.1) is 5.41 Å². The van der Waals surface area contributed by atoms with Gasteiger partial charge in [-0.25, -0.2) is 4.79 Å². The maximum absolute atomic E-state index is 11.7. The number of piperidine rings is 1. The third-order valence-electron chi connectivity index (χ3n) is 3.73. The summed E-state index contributed by atoms with van der Waals surface area (Å²) in [6.07, 6.45) is 3.17. The largest absolute Gasteiger partial charge is 0.481 e. The van der Waals surface area contributed by atoms with E-state index < -0.39 is 5.97 Å². The molecule has 5 heteroatoms. The predicted octanol–water partition coefficient (Wildman–Crippen LogP) is 1.68. The lowest BCUT2D eigenvalue weighted by Gasteiger charge is -2.38. The van der Waals surface area contributed by atoms with E-state index in [2.05, 4.69) is 19.2 Å². The SMILES string of the molecule is CCC1(C)CCN(C(=O)NCCC(=O)O)CC1. The number of likely N-dealkylation sites (tertiary alicyclic amines) is 1. The summed E-state index contributed by atoms with van der Waals surface area (Å²) in [5, 5.41) is 11.1. The first-order valence-electron chi connectivity index (χ1n) is 6.21. The van der Waals surface area contributed by atoms with Crippen LogP contribution < -0.4 is 5.32 Å². The molecule has 17 heavy (non-hydrogen) atoms. The van der Waals surface area contributed by atoms with E-state index in [1.807, 2.05) is 0 Å². The average Bonchev–Trinajstić information content (AvgIpc) is 2.29. The monoisotopic (exact) mass is 242 g/mol. The first-order valence-corrected chi connectivity index (χ1v) is 6.21. The molecule has 98 valence electrons. The van der Waals surface area contributed by atoms with Gasteiger partial charge in [-0.15, -0.1) is 0 Å². The molecule has 0 aromatic heterocycles. The van der Waals surface area contributed by atoms with Gasteiger partial charge in [0.1, 0.15) is 0 Å². The molecule has 0 bridgehead atoms. The minimum atomic E-state index is -0.887. The summed E-state index contributed by atoms with van der Waals surface area (Å²) in [6, 6.07) is -0.135. The Labute approximate surface area is 102 Å². The summed E-state index contributed by atoms with van der Waals surface area (Å²) in [7, 11) is 0. The minimum Gasteiger partial charge on any atom is -0.481 e. The zero-order chi connectivity index (χ0) is 12.9. The van der Waals surface area contributed by atoms with Gasteiger partial charge in [-0.2, -0.15) is 0 Å². The van der Waals surface area contributed by atoms with E-state index in [1.165, 1.54) is 0 Å². The van der Waals surface area contributed by atoms with Crippen LogP contribution >= 0.6 is 0 Å². The molecule has 0 atom stereocenters. The van der Waals surface area contributed by atoms with Gasteiger partial charge in [-0.05, 0) is 18.3 Å². The molecule has 0 aromatic rings. The second-order valence-corrected chi connectivity index (χ2v) is 5.03. The molecular weight excluding hydrogens is 220 g/mol. The van der Waals surface area contributed by atoms with Gasteiger partial charge >= 0.3 is 12.0 Å². The third kappa shape index (κ3) is 4.24. The van der Waals surface area contributed by atoms with Gasteiger partial charge in [0.15, 0.2) is 0 Å². The smallest absolute Gasteiger partial charge is 0.317 e. The Morgan fingerprint density at radius 3 is 2.41 bits per heavy atom. The van der Waals surface area contributed by atoms with Gasteiger partial charge in [0.05, 0.1) is 6.42 Å². The van der Waals surface area contributed by atoms with Gasteiger partial charge in [-0.1, -0.05) is 20.3 Å². The van der Waals surface area contributed by atoms with Crippen molar-refractivity contribution in [3.05, 3.63) is 0 Å². The van der Waals surface area contributed by atoms with Crippen molar-refractivity contribution >= 4 is 12.0 Å². The number of carboxylic acids is 1. The Morgan fingerprint density at radius 2 is 1.94 bits per heavy atom. The maximum Gasteiger partial charge on any atom is 0.317 e. The highest BCUT2D eigenvalue weighted by Crippen LogP contribution is 2.33. The molecule has 0 radical (unpaired) electrons. The number of aliphatic carboxylic acids is 1. The first kappa shape index (κ1) is 13.8. The van der Waals surface area contributed by atoms with E-state index in [4.69, 9.17) is 5.11 Å². The van der Waals surface area contributed by atoms with E-state index in [1.54, 1.807) is 4.90 Å². The van der Waals surface area contributed by atoms with E-state index in [9.17, 15) is 9.59 Å². The maximum atomic E-state index is 11.7. The highest BCUT2D eigenvalue weighted by Gasteiger charge is 2.30. The van der Waals surface area contributed by atoms with Crippen LogP contribution in [-0.2, 0) is 4.79 Å². The molecule has 5 nitrogen and oxygen atoms in total. The van der Waals surface area contributed by atoms with E-state index >= 15 is 0 Å². The Kier molecular flexibility index (Phi) is 4.78. The van der Waals surface area contributed by atoms with Crippen molar-refractivity contribution in [2.24, 2.45) is 5.41 Å². The number of nitrogens with one attached hydrogen (secondary N) is 1. The van der Waals surface area contributed by atoms with Gasteiger partial charge in [-0.3, -0.25) is 4.79 Å². The summed E-state index contributed by atoms with van der Waals surface area (Å²) in [4.78, 5) is 23.8. The molecule has 1 aliphatic rings. The van der Waals surface area contributed by atoms with Crippen LogP contribution in [0.4, 0.5) is 4.79 Å². The topological polar surface area (TPSA) is 69.6 Å². The van der Waals surface area contributed by atoms with Crippen LogP contribution in [0.1, 0.15) is 39.5 Å². The van der Waals surface area contributed by atoms with Crippen LogP contribution in [0.3, 0.4) is 0 Å². The Morgan fingerprint density at radius 1 is 1.35 bits per heavy atom. The van der Waals surface area contributed by atoms with Crippen molar-refractivity contribution in [3.8, 4) is 0 Å². The van der Waals surface area contributed by atoms with E-state index in [0.717, 1.165) is 32.4 Å². The van der Waals surface area contributed by atoms with Crippen LogP contribution in [0.15, 0.2) is 0 Å². The quantitative estimate of drug-likeness (QED) is 0.788. The summed E-state index contributed by atoms with van der Waals surface area (Å²) in [5.41, 5.74) is 0.359. The summed E-state index contributed by atoms with van der Waals surface area (Å²) >= 11 is 0. The molecule has 0 unspecified atom stereocenters. The molecular formula is C12H22N2O3. The van der Waals surface area contributed by atoms with Crippen molar-refractivity contribution < 1.29 is 14.7 Å². The molecule has 1 rings (SSSR count). The number of rotatable bonds is 4. The second-order valence-electron chi connectivity index (χ2n) is 5.03. The number of amides is 2. The molecule has 0 saturated carbocycles. The third-order valence-corrected chi connectivity index (χ3v) is 3.73. The van der Waals surface area contributed by atoms with Crippen molar-refractivity contribution in [2.45, 2.75) is 39.5 Å². The van der Waals surface area contributed by atoms with Crippen LogP contribution in [0.2, 0.25) is 0 Å². The van der Waals surface area contributed by atoms with Crippen molar-refractivity contribution in [1.82, 2.24) is 10.2 Å². The highest BCUT2D eigenvalue weighted by atomic mass is 16.4. The van der Waals surface area contributed by atoms with Gasteiger partial charge in [0.25, 0.3) is 0 Å².